The molecule has 0 rings (SSSR count). The van der Waals surface area contributed by atoms with Crippen LogP contribution in [-0.4, -0.2) is 72.0 Å². The lowest BCUT2D eigenvalue weighted by Crippen LogP contribution is -2.44. The van der Waals surface area contributed by atoms with Crippen molar-refractivity contribution in [1.29, 1.82) is 0 Å². The zero-order valence-corrected chi connectivity index (χ0v) is 25.7. The maximum Gasteiger partial charge on any atom is 0.500 e. The number of halogens is 1. The molecule has 0 saturated carbocycles. The van der Waals surface area contributed by atoms with Crippen molar-refractivity contribution in [3.63, 3.8) is 0 Å². The largest absolute Gasteiger partial charge is 0.500 e. The first-order chi connectivity index (χ1) is 16.6. The average molecular weight is 543 g/mol. The number of ether oxygens (including phenoxy) is 1. The molecule has 206 valence electrons. The van der Waals surface area contributed by atoms with Crippen LogP contribution in [0.2, 0.25) is 18.1 Å². The average Bonchev–Trinajstić information content (AvgIpc) is 2.87. The molecule has 0 unspecified atom stereocenters. The number of hydrogen-bond acceptors (Lipinski definition) is 6. The van der Waals surface area contributed by atoms with Crippen LogP contribution in [0.5, 0.6) is 0 Å². The van der Waals surface area contributed by atoms with Gasteiger partial charge < -0.3 is 26.9 Å². The molecule has 0 amide bonds. The number of hydrogen-bond donors (Lipinski definition) is 0. The van der Waals surface area contributed by atoms with Crippen molar-refractivity contribution >= 4 is 29.0 Å². The van der Waals surface area contributed by atoms with E-state index in [2.05, 4.69) is 0 Å². The summed E-state index contributed by atoms with van der Waals surface area (Å²) in [7, 11) is 3.93. The molecule has 0 aliphatic heterocycles. The molecule has 9 heteroatoms. The van der Waals surface area contributed by atoms with Crippen LogP contribution < -0.4 is 0 Å². The highest BCUT2D eigenvalue weighted by atomic mass is 35.5. The van der Waals surface area contributed by atoms with Crippen LogP contribution in [0.4, 0.5) is 0 Å². The van der Waals surface area contributed by atoms with E-state index >= 15 is 0 Å². The molecule has 34 heavy (non-hydrogen) atoms. The van der Waals surface area contributed by atoms with E-state index in [0.717, 1.165) is 50.1 Å². The molecule has 0 aromatic carbocycles. The number of unbranched alkanes of at least 4 members (excludes halogenated alkanes) is 11. The van der Waals surface area contributed by atoms with Gasteiger partial charge in [-0.25, -0.2) is 0 Å². The summed E-state index contributed by atoms with van der Waals surface area (Å²) in [6, 6.07) is 2.79. The molecule has 0 atom stereocenters. The minimum absolute atomic E-state index is 0.785. The highest BCUT2D eigenvalue weighted by Crippen LogP contribution is 2.27. The summed E-state index contributed by atoms with van der Waals surface area (Å²) in [5, 5.41) is 0. The molecule has 0 saturated heterocycles. The van der Waals surface area contributed by atoms with Crippen LogP contribution >= 0.6 is 11.6 Å². The van der Waals surface area contributed by atoms with Crippen molar-refractivity contribution in [2.75, 3.05) is 54.6 Å². The summed E-state index contributed by atoms with van der Waals surface area (Å²) in [6.07, 6.45) is 17.3. The van der Waals surface area contributed by atoms with Gasteiger partial charge in [0.2, 0.25) is 0 Å². The van der Waals surface area contributed by atoms with Gasteiger partial charge in [-0.3, -0.25) is 0 Å². The smallest absolute Gasteiger partial charge is 0.398 e. The predicted molar refractivity (Wildman–Crippen MR) is 147 cm³/mol. The Morgan fingerprint density at radius 2 is 0.853 bits per heavy atom. The van der Waals surface area contributed by atoms with Gasteiger partial charge in [0.05, 0.1) is 0 Å². The topological polar surface area (TPSA) is 55.4 Å². The molecule has 0 spiro atoms. The lowest BCUT2D eigenvalue weighted by Gasteiger charge is -2.29. The van der Waals surface area contributed by atoms with Gasteiger partial charge >= 0.3 is 17.4 Å². The third-order valence-electron chi connectivity index (χ3n) is 6.74. The second-order valence-corrected chi connectivity index (χ2v) is 16.2. The van der Waals surface area contributed by atoms with E-state index in [1.54, 1.807) is 35.5 Å². The van der Waals surface area contributed by atoms with Gasteiger partial charge in [-0.1, -0.05) is 64.2 Å². The molecule has 0 fully saturated rings. The minimum Gasteiger partial charge on any atom is -0.398 e. The Morgan fingerprint density at radius 1 is 0.441 bits per heavy atom. The van der Waals surface area contributed by atoms with Crippen molar-refractivity contribution in [3.8, 4) is 0 Å². The Bertz CT molecular complexity index is 418. The van der Waals surface area contributed by atoms with Crippen LogP contribution in [0.25, 0.3) is 0 Å². The fourth-order valence-electron chi connectivity index (χ4n) is 4.34. The third kappa shape index (κ3) is 17.0. The lowest BCUT2D eigenvalue weighted by molar-refractivity contribution is 0.123. The molecule has 0 aliphatic rings. The molecule has 0 radical (unpaired) electrons. The first kappa shape index (κ1) is 34.5. The van der Waals surface area contributed by atoms with E-state index in [0.29, 0.717) is 0 Å². The standard InChI is InChI=1S/C25H55ClO6Si2/c1-27-33(28-2,24-19-25-34(29-3,30-4)31-5)23-18-14-10-8-6-7-9-12-16-21-32-22-17-13-11-15-20-26/h6-25H2,1-5H3. The molecule has 0 aromatic rings. The van der Waals surface area contributed by atoms with Gasteiger partial charge in [-0.2, -0.15) is 0 Å². The van der Waals surface area contributed by atoms with Gasteiger partial charge in [-0.15, -0.1) is 11.6 Å². The summed E-state index contributed by atoms with van der Waals surface area (Å²) in [5.41, 5.74) is 0. The van der Waals surface area contributed by atoms with E-state index in [4.69, 9.17) is 38.5 Å². The van der Waals surface area contributed by atoms with Gasteiger partial charge in [0.15, 0.2) is 0 Å². The Morgan fingerprint density at radius 3 is 1.29 bits per heavy atom. The molecule has 0 aliphatic carbocycles. The first-order valence-electron chi connectivity index (χ1n) is 13.5. The van der Waals surface area contributed by atoms with Crippen LogP contribution in [0.3, 0.4) is 0 Å². The fourth-order valence-corrected chi connectivity index (χ4v) is 9.34. The van der Waals surface area contributed by atoms with Gasteiger partial charge in [0.25, 0.3) is 0 Å². The Balaban J connectivity index is 3.71. The first-order valence-corrected chi connectivity index (χ1v) is 18.2. The molecular formula is C25H55ClO6Si2. The second-order valence-electron chi connectivity index (χ2n) is 9.12. The van der Waals surface area contributed by atoms with E-state index in [-0.39, 0.29) is 0 Å². The summed E-state index contributed by atoms with van der Waals surface area (Å²) in [5.74, 6) is 0.785. The van der Waals surface area contributed by atoms with E-state index < -0.39 is 17.4 Å². The maximum atomic E-state index is 5.93. The van der Waals surface area contributed by atoms with E-state index in [9.17, 15) is 0 Å². The van der Waals surface area contributed by atoms with Gasteiger partial charge in [-0.05, 0) is 37.8 Å². The van der Waals surface area contributed by atoms with Crippen molar-refractivity contribution in [3.05, 3.63) is 0 Å². The highest BCUT2D eigenvalue weighted by molar-refractivity contribution is 6.67. The normalized spacial score (nSPS) is 12.5. The van der Waals surface area contributed by atoms with Crippen LogP contribution in [0.15, 0.2) is 0 Å². The quantitative estimate of drug-likeness (QED) is 0.0615. The Hall–Kier alpha value is 0.484. The maximum absolute atomic E-state index is 5.93. The molecule has 0 aromatic heterocycles. The van der Waals surface area contributed by atoms with E-state index in [1.807, 2.05) is 0 Å². The molecule has 0 bridgehead atoms. The summed E-state index contributed by atoms with van der Waals surface area (Å²) >= 11 is 5.68. The molecule has 6 nitrogen and oxygen atoms in total. The number of rotatable bonds is 27. The van der Waals surface area contributed by atoms with Crippen molar-refractivity contribution in [1.82, 2.24) is 0 Å². The van der Waals surface area contributed by atoms with E-state index in [1.165, 1.54) is 77.0 Å². The second kappa shape index (κ2) is 23.9. The fraction of sp³-hybridized carbons (Fsp3) is 1.00. The Labute approximate surface area is 218 Å². The predicted octanol–water partition coefficient (Wildman–Crippen LogP) is 7.32. The van der Waals surface area contributed by atoms with Gasteiger partial charge in [0.1, 0.15) is 0 Å². The Kier molecular flexibility index (Phi) is 24.2. The van der Waals surface area contributed by atoms with Crippen LogP contribution in [-0.2, 0) is 26.9 Å². The number of alkyl halides is 1. The third-order valence-corrected chi connectivity index (χ3v) is 13.6. The SMILES string of the molecule is CO[Si](CCCCCCCCCCCOCCCCCCCl)(CCC[Si](OC)(OC)OC)OC. The highest BCUT2D eigenvalue weighted by Gasteiger charge is 2.40. The van der Waals surface area contributed by atoms with Gasteiger partial charge in [0, 0.05) is 60.7 Å². The zero-order chi connectivity index (χ0) is 25.4. The van der Waals surface area contributed by atoms with Crippen molar-refractivity contribution < 1.29 is 26.9 Å². The summed E-state index contributed by atoms with van der Waals surface area (Å²) < 4.78 is 34.2. The zero-order valence-electron chi connectivity index (χ0n) is 23.0. The van der Waals surface area contributed by atoms with Crippen LogP contribution in [0, 0.1) is 0 Å². The molecular weight excluding hydrogens is 488 g/mol. The monoisotopic (exact) mass is 542 g/mol. The summed E-state index contributed by atoms with van der Waals surface area (Å²) in [4.78, 5) is 0. The van der Waals surface area contributed by atoms with Crippen molar-refractivity contribution in [2.45, 2.75) is 108 Å². The van der Waals surface area contributed by atoms with Crippen molar-refractivity contribution in [2.24, 2.45) is 0 Å². The molecule has 0 heterocycles. The minimum atomic E-state index is -2.52. The molecule has 0 N–H and O–H groups in total. The lowest BCUT2D eigenvalue weighted by atomic mass is 10.1. The summed E-state index contributed by atoms with van der Waals surface area (Å²) in [6.45, 7) is 1.83. The van der Waals surface area contributed by atoms with Crippen LogP contribution in [0.1, 0.15) is 89.9 Å².